The van der Waals surface area contributed by atoms with Crippen molar-refractivity contribution in [2.75, 3.05) is 32.7 Å². The van der Waals surface area contributed by atoms with Gasteiger partial charge in [0.1, 0.15) is 6.04 Å². The van der Waals surface area contributed by atoms with Crippen molar-refractivity contribution >= 4 is 19.3 Å². The Morgan fingerprint density at radius 3 is 2.60 bits per heavy atom. The summed E-state index contributed by atoms with van der Waals surface area (Å²) in [7, 11) is 3.21. The minimum atomic E-state index is -0.434. The van der Waals surface area contributed by atoms with Crippen LogP contribution in [0, 0.1) is 0 Å². The maximum Gasteiger partial charge on any atom is 0.361 e. The van der Waals surface area contributed by atoms with E-state index in [9.17, 15) is 4.79 Å². The number of anilines is 1. The van der Waals surface area contributed by atoms with Crippen molar-refractivity contribution in [3.05, 3.63) is 29.8 Å². The van der Waals surface area contributed by atoms with E-state index in [1.165, 1.54) is 7.11 Å². The van der Waals surface area contributed by atoms with Crippen molar-refractivity contribution in [2.45, 2.75) is 12.5 Å². The van der Waals surface area contributed by atoms with Crippen LogP contribution < -0.4 is 10.5 Å². The van der Waals surface area contributed by atoms with Crippen LogP contribution in [0.5, 0.6) is 0 Å². The third-order valence-electron chi connectivity index (χ3n) is 2.79. The summed E-state index contributed by atoms with van der Waals surface area (Å²) in [6.07, 6.45) is 0.524. The minimum Gasteiger partial charge on any atom is -0.468 e. The summed E-state index contributed by atoms with van der Waals surface area (Å²) in [5.74, 6) is -0.315. The summed E-state index contributed by atoms with van der Waals surface area (Å²) < 4.78 is 9.68. The standard InChI is InChI=1S/C13H21BN2O4/c1-19-13(18)12(16-14-20-2)9-10-3-5-11(6-4-10)15-7-8-17/h3-6,12,14-17H,7-9H2,1-2H3. The number of benzene rings is 1. The number of nitrogens with one attached hydrogen (secondary N) is 2. The Kier molecular flexibility index (Phi) is 7.71. The zero-order chi connectivity index (χ0) is 14.8. The fourth-order valence-corrected chi connectivity index (χ4v) is 1.76. The van der Waals surface area contributed by atoms with Gasteiger partial charge in [0.2, 0.25) is 0 Å². The third kappa shape index (κ3) is 5.60. The molecule has 0 aromatic heterocycles. The lowest BCUT2D eigenvalue weighted by molar-refractivity contribution is -0.142. The van der Waals surface area contributed by atoms with E-state index in [4.69, 9.17) is 14.5 Å². The molecular formula is C13H21BN2O4. The van der Waals surface area contributed by atoms with E-state index in [1.54, 1.807) is 7.11 Å². The van der Waals surface area contributed by atoms with Crippen molar-refractivity contribution in [1.82, 2.24) is 5.23 Å². The number of carbonyl (C=O) groups excluding carboxylic acids is 1. The lowest BCUT2D eigenvalue weighted by Crippen LogP contribution is -2.42. The fourth-order valence-electron chi connectivity index (χ4n) is 1.76. The number of hydrogen-bond acceptors (Lipinski definition) is 6. The van der Waals surface area contributed by atoms with E-state index < -0.39 is 6.04 Å². The minimum absolute atomic E-state index is 0.0904. The van der Waals surface area contributed by atoms with Gasteiger partial charge in [-0.25, -0.2) is 0 Å². The van der Waals surface area contributed by atoms with Gasteiger partial charge >= 0.3 is 13.6 Å². The number of methoxy groups -OCH3 is 1. The SMILES string of the molecule is COBNC(Cc1ccc(NCCO)cc1)C(=O)OC. The average Bonchev–Trinajstić information content (AvgIpc) is 2.49. The van der Waals surface area contributed by atoms with Crippen LogP contribution in [0.25, 0.3) is 0 Å². The first-order valence-corrected chi connectivity index (χ1v) is 6.45. The summed E-state index contributed by atoms with van der Waals surface area (Å²) >= 11 is 0. The van der Waals surface area contributed by atoms with Crippen LogP contribution >= 0.6 is 0 Å². The van der Waals surface area contributed by atoms with Gasteiger partial charge in [-0.05, 0) is 24.1 Å². The quantitative estimate of drug-likeness (QED) is 0.425. The first kappa shape index (κ1) is 16.5. The summed E-state index contributed by atoms with van der Waals surface area (Å²) in [4.78, 5) is 11.7. The number of aliphatic hydroxyl groups is 1. The number of rotatable bonds is 9. The van der Waals surface area contributed by atoms with E-state index >= 15 is 0 Å². The topological polar surface area (TPSA) is 79.8 Å². The molecule has 0 aliphatic rings. The number of ether oxygens (including phenoxy) is 1. The van der Waals surface area contributed by atoms with E-state index in [2.05, 4.69) is 10.5 Å². The van der Waals surface area contributed by atoms with Crippen molar-refractivity contribution in [3.63, 3.8) is 0 Å². The van der Waals surface area contributed by atoms with Gasteiger partial charge in [0.05, 0.1) is 13.7 Å². The molecule has 0 saturated heterocycles. The van der Waals surface area contributed by atoms with Crippen LogP contribution in [0.4, 0.5) is 5.69 Å². The molecule has 1 atom stereocenters. The molecule has 0 spiro atoms. The molecule has 3 N–H and O–H groups in total. The third-order valence-corrected chi connectivity index (χ3v) is 2.79. The summed E-state index contributed by atoms with van der Waals surface area (Å²) in [6, 6.07) is 7.26. The molecule has 1 aromatic rings. The Balaban J connectivity index is 2.60. The molecule has 0 aliphatic heterocycles. The second-order valence-electron chi connectivity index (χ2n) is 4.26. The molecule has 7 heteroatoms. The summed E-state index contributed by atoms with van der Waals surface area (Å²) in [6.45, 7) is 0.604. The lowest BCUT2D eigenvalue weighted by atomic mass is 10.0. The fraction of sp³-hybridized carbons (Fsp3) is 0.462. The number of aliphatic hydroxyl groups excluding tert-OH is 1. The number of esters is 1. The molecule has 0 saturated carbocycles. The molecule has 1 unspecified atom stereocenters. The zero-order valence-corrected chi connectivity index (χ0v) is 11.9. The van der Waals surface area contributed by atoms with Gasteiger partial charge < -0.3 is 25.0 Å². The highest BCUT2D eigenvalue weighted by Gasteiger charge is 2.19. The highest BCUT2D eigenvalue weighted by Crippen LogP contribution is 2.11. The predicted molar refractivity (Wildman–Crippen MR) is 78.8 cm³/mol. The Morgan fingerprint density at radius 2 is 2.05 bits per heavy atom. The molecule has 0 aliphatic carbocycles. The van der Waals surface area contributed by atoms with Crippen LogP contribution in [0.3, 0.4) is 0 Å². The van der Waals surface area contributed by atoms with Crippen molar-refractivity contribution in [2.24, 2.45) is 0 Å². The highest BCUT2D eigenvalue weighted by atomic mass is 16.5. The lowest BCUT2D eigenvalue weighted by Gasteiger charge is -2.15. The maximum atomic E-state index is 11.7. The van der Waals surface area contributed by atoms with Crippen molar-refractivity contribution < 1.29 is 19.3 Å². The first-order valence-electron chi connectivity index (χ1n) is 6.45. The Hall–Kier alpha value is -1.57. The van der Waals surface area contributed by atoms with Gasteiger partial charge in [-0.1, -0.05) is 12.1 Å². The Morgan fingerprint density at radius 1 is 1.35 bits per heavy atom. The molecule has 0 heterocycles. The molecule has 1 aromatic carbocycles. The van der Waals surface area contributed by atoms with Gasteiger partial charge in [-0.3, -0.25) is 4.79 Å². The maximum absolute atomic E-state index is 11.7. The predicted octanol–water partition coefficient (Wildman–Crippen LogP) is -0.323. The van der Waals surface area contributed by atoms with E-state index in [0.717, 1.165) is 11.3 Å². The summed E-state index contributed by atoms with van der Waals surface area (Å²) in [5, 5.41) is 14.8. The largest absolute Gasteiger partial charge is 0.468 e. The van der Waals surface area contributed by atoms with E-state index in [-0.39, 0.29) is 20.2 Å². The van der Waals surface area contributed by atoms with E-state index in [0.29, 0.717) is 13.0 Å². The molecular weight excluding hydrogens is 259 g/mol. The first-order chi connectivity index (χ1) is 9.71. The number of carbonyl (C=O) groups is 1. The Labute approximate surface area is 119 Å². The summed E-state index contributed by atoms with van der Waals surface area (Å²) in [5.41, 5.74) is 1.95. The van der Waals surface area contributed by atoms with Crippen LogP contribution in [-0.2, 0) is 20.6 Å². The molecule has 0 bridgehead atoms. The van der Waals surface area contributed by atoms with Crippen LogP contribution in [0.15, 0.2) is 24.3 Å². The smallest absolute Gasteiger partial charge is 0.361 e. The molecule has 0 amide bonds. The normalized spacial score (nSPS) is 11.8. The zero-order valence-electron chi connectivity index (χ0n) is 11.9. The van der Waals surface area contributed by atoms with Crippen LogP contribution in [0.2, 0.25) is 0 Å². The van der Waals surface area contributed by atoms with Crippen molar-refractivity contribution in [1.29, 1.82) is 0 Å². The molecule has 0 radical (unpaired) electrons. The second kappa shape index (κ2) is 9.36. The van der Waals surface area contributed by atoms with Gasteiger partial charge in [-0.2, -0.15) is 0 Å². The molecule has 1 rings (SSSR count). The van der Waals surface area contributed by atoms with Crippen molar-refractivity contribution in [3.8, 4) is 0 Å². The van der Waals surface area contributed by atoms with Gasteiger partial charge in [0.25, 0.3) is 0 Å². The monoisotopic (exact) mass is 280 g/mol. The molecule has 20 heavy (non-hydrogen) atoms. The van der Waals surface area contributed by atoms with Gasteiger partial charge in [0, 0.05) is 19.3 Å². The average molecular weight is 280 g/mol. The molecule has 110 valence electrons. The second-order valence-corrected chi connectivity index (χ2v) is 4.26. The highest BCUT2D eigenvalue weighted by molar-refractivity contribution is 6.24. The van der Waals surface area contributed by atoms with Gasteiger partial charge in [-0.15, -0.1) is 0 Å². The molecule has 0 fully saturated rings. The van der Waals surface area contributed by atoms with Crippen LogP contribution in [-0.4, -0.2) is 52.1 Å². The van der Waals surface area contributed by atoms with E-state index in [1.807, 2.05) is 24.3 Å². The molecule has 6 nitrogen and oxygen atoms in total. The number of hydrogen-bond donors (Lipinski definition) is 3. The van der Waals surface area contributed by atoms with Crippen LogP contribution in [0.1, 0.15) is 5.56 Å². The van der Waals surface area contributed by atoms with Gasteiger partial charge in [0.15, 0.2) is 0 Å². The Bertz CT molecular complexity index is 400.